The molecule has 0 spiro atoms. The second kappa shape index (κ2) is 6.73. The fraction of sp³-hybridized carbons (Fsp3) is 0.588. The number of hydrogen-bond donors (Lipinski definition) is 0. The van der Waals surface area contributed by atoms with Crippen molar-refractivity contribution in [2.24, 2.45) is 0 Å². The molecule has 0 saturated carbocycles. The van der Waals surface area contributed by atoms with E-state index in [2.05, 4.69) is 45.8 Å². The lowest BCUT2D eigenvalue weighted by Gasteiger charge is -2.44. The monoisotopic (exact) mass is 336 g/mol. The Labute approximate surface area is 136 Å². The van der Waals surface area contributed by atoms with E-state index >= 15 is 0 Å². The third-order valence-electron chi connectivity index (χ3n) is 4.30. The van der Waals surface area contributed by atoms with E-state index in [1.54, 1.807) is 6.26 Å². The largest absolute Gasteiger partial charge is 0.467 e. The van der Waals surface area contributed by atoms with Crippen LogP contribution in [0.4, 0.5) is 0 Å². The van der Waals surface area contributed by atoms with Crippen LogP contribution >= 0.6 is 0 Å². The minimum Gasteiger partial charge on any atom is -0.467 e. The van der Waals surface area contributed by atoms with Crippen LogP contribution in [0.1, 0.15) is 32.1 Å². The van der Waals surface area contributed by atoms with E-state index in [0.717, 1.165) is 24.3 Å². The predicted octanol–water partition coefficient (Wildman–Crippen LogP) is 5.20. The Kier molecular flexibility index (Phi) is 5.35. The first kappa shape index (κ1) is 17.5. The standard InChI is InChI=1S/C17H28O3Si2/c1-7-17-16(19-21(4,5)6)13-15(14-11-10-12-18-14)20-22(17,8-2)9-3/h10-12,15-16H,1,8-9,13H2,2-6H3/t15-,16+/m0/s1. The van der Waals surface area contributed by atoms with Crippen LogP contribution in [-0.4, -0.2) is 22.7 Å². The van der Waals surface area contributed by atoms with Gasteiger partial charge in [-0.25, -0.2) is 0 Å². The van der Waals surface area contributed by atoms with E-state index < -0.39 is 16.6 Å². The highest BCUT2D eigenvalue weighted by Gasteiger charge is 2.48. The summed E-state index contributed by atoms with van der Waals surface area (Å²) in [6.07, 6.45) is 2.57. The molecule has 0 unspecified atom stereocenters. The summed E-state index contributed by atoms with van der Waals surface area (Å²) in [5, 5.41) is 1.21. The van der Waals surface area contributed by atoms with Gasteiger partial charge in [0.25, 0.3) is 0 Å². The number of rotatable bonds is 5. The van der Waals surface area contributed by atoms with E-state index in [4.69, 9.17) is 13.3 Å². The second-order valence-corrected chi connectivity index (χ2v) is 15.5. The lowest BCUT2D eigenvalue weighted by Crippen LogP contribution is -2.52. The first-order chi connectivity index (χ1) is 10.3. The van der Waals surface area contributed by atoms with Crippen molar-refractivity contribution >= 4 is 16.6 Å². The lowest BCUT2D eigenvalue weighted by molar-refractivity contribution is 0.0801. The molecule has 1 aromatic heterocycles. The number of hydrogen-bond acceptors (Lipinski definition) is 3. The van der Waals surface area contributed by atoms with E-state index in [1.807, 2.05) is 12.1 Å². The van der Waals surface area contributed by atoms with E-state index in [9.17, 15) is 0 Å². The first-order valence-electron chi connectivity index (χ1n) is 8.14. The van der Waals surface area contributed by atoms with Gasteiger partial charge in [-0.3, -0.25) is 0 Å². The SMILES string of the molecule is C=C=C1[C@H](O[Si](C)(C)C)C[C@@H](c2ccco2)O[Si]1(CC)CC. The van der Waals surface area contributed by atoms with Crippen LogP contribution in [0.3, 0.4) is 0 Å². The Hall–Kier alpha value is -0.846. The molecule has 5 heteroatoms. The fourth-order valence-electron chi connectivity index (χ4n) is 3.24. The van der Waals surface area contributed by atoms with Gasteiger partial charge in [0, 0.05) is 11.6 Å². The molecule has 0 bridgehead atoms. The predicted molar refractivity (Wildman–Crippen MR) is 94.7 cm³/mol. The van der Waals surface area contributed by atoms with Crippen LogP contribution in [0.15, 0.2) is 40.3 Å². The fourth-order valence-corrected chi connectivity index (χ4v) is 7.99. The molecule has 1 aliphatic rings. The Balaban J connectivity index is 2.40. The van der Waals surface area contributed by atoms with Crippen molar-refractivity contribution in [3.63, 3.8) is 0 Å². The van der Waals surface area contributed by atoms with Gasteiger partial charge in [-0.1, -0.05) is 20.4 Å². The summed E-state index contributed by atoms with van der Waals surface area (Å²) in [7, 11) is -3.72. The maximum Gasteiger partial charge on any atom is 0.230 e. The summed E-state index contributed by atoms with van der Waals surface area (Å²) in [5.74, 6) is 0.908. The summed E-state index contributed by atoms with van der Waals surface area (Å²) in [4.78, 5) is 0. The molecule has 0 radical (unpaired) electrons. The zero-order chi connectivity index (χ0) is 16.4. The topological polar surface area (TPSA) is 31.6 Å². The molecule has 1 fully saturated rings. The molecule has 3 nitrogen and oxygen atoms in total. The third kappa shape index (κ3) is 3.55. The van der Waals surface area contributed by atoms with Gasteiger partial charge in [0.2, 0.25) is 8.32 Å². The summed E-state index contributed by atoms with van der Waals surface area (Å²) in [6, 6.07) is 5.96. The van der Waals surface area contributed by atoms with Crippen molar-refractivity contribution in [3.05, 3.63) is 41.7 Å². The minimum atomic E-state index is -2.06. The zero-order valence-electron chi connectivity index (χ0n) is 14.4. The quantitative estimate of drug-likeness (QED) is 0.547. The third-order valence-corrected chi connectivity index (χ3v) is 9.79. The Bertz CT molecular complexity index is 535. The van der Waals surface area contributed by atoms with Crippen LogP contribution < -0.4 is 0 Å². The Morgan fingerprint density at radius 1 is 1.36 bits per heavy atom. The van der Waals surface area contributed by atoms with E-state index in [0.29, 0.717) is 0 Å². The van der Waals surface area contributed by atoms with Crippen LogP contribution in [0, 0.1) is 0 Å². The molecule has 0 N–H and O–H groups in total. The molecule has 0 aliphatic carbocycles. The second-order valence-electron chi connectivity index (χ2n) is 6.87. The van der Waals surface area contributed by atoms with Gasteiger partial charge in [-0.15, -0.1) is 5.73 Å². The van der Waals surface area contributed by atoms with Crippen molar-refractivity contribution in [2.75, 3.05) is 0 Å². The molecule has 2 atom stereocenters. The van der Waals surface area contributed by atoms with Gasteiger partial charge in [-0.05, 0) is 43.9 Å². The highest BCUT2D eigenvalue weighted by Crippen LogP contribution is 2.43. The average Bonchev–Trinajstić information content (AvgIpc) is 2.98. The molecular formula is C17H28O3Si2. The zero-order valence-corrected chi connectivity index (χ0v) is 16.4. The normalized spacial score (nSPS) is 25.0. The van der Waals surface area contributed by atoms with Gasteiger partial charge in [0.05, 0.1) is 12.4 Å². The highest BCUT2D eigenvalue weighted by molar-refractivity contribution is 6.81. The molecule has 0 amide bonds. The van der Waals surface area contributed by atoms with E-state index in [-0.39, 0.29) is 12.2 Å². The van der Waals surface area contributed by atoms with Crippen LogP contribution in [0.5, 0.6) is 0 Å². The van der Waals surface area contributed by atoms with Crippen molar-refractivity contribution in [3.8, 4) is 0 Å². The maximum absolute atomic E-state index is 6.61. The van der Waals surface area contributed by atoms with Crippen molar-refractivity contribution in [1.29, 1.82) is 0 Å². The van der Waals surface area contributed by atoms with Gasteiger partial charge in [0.1, 0.15) is 11.9 Å². The molecule has 2 rings (SSSR count). The maximum atomic E-state index is 6.61. The Morgan fingerprint density at radius 2 is 2.05 bits per heavy atom. The average molecular weight is 337 g/mol. The first-order valence-corrected chi connectivity index (χ1v) is 13.9. The summed E-state index contributed by atoms with van der Waals surface area (Å²) in [5.41, 5.74) is 3.21. The molecule has 1 aliphatic heterocycles. The summed E-state index contributed by atoms with van der Waals surface area (Å²) < 4.78 is 18.7. The molecule has 122 valence electrons. The van der Waals surface area contributed by atoms with Crippen LogP contribution in [-0.2, 0) is 8.85 Å². The molecular weight excluding hydrogens is 308 g/mol. The molecule has 22 heavy (non-hydrogen) atoms. The van der Waals surface area contributed by atoms with Gasteiger partial charge < -0.3 is 13.3 Å². The number of furan rings is 1. The van der Waals surface area contributed by atoms with Crippen LogP contribution in [0.2, 0.25) is 31.7 Å². The van der Waals surface area contributed by atoms with Crippen molar-refractivity contribution in [1.82, 2.24) is 0 Å². The Morgan fingerprint density at radius 3 is 2.50 bits per heavy atom. The lowest BCUT2D eigenvalue weighted by atomic mass is 10.1. The van der Waals surface area contributed by atoms with Crippen molar-refractivity contribution < 1.29 is 13.3 Å². The minimum absolute atomic E-state index is 0.0139. The van der Waals surface area contributed by atoms with Gasteiger partial charge in [-0.2, -0.15) is 0 Å². The van der Waals surface area contributed by atoms with Gasteiger partial charge >= 0.3 is 0 Å². The van der Waals surface area contributed by atoms with Crippen LogP contribution in [0.25, 0.3) is 0 Å². The molecule has 0 aromatic carbocycles. The molecule has 1 aromatic rings. The summed E-state index contributed by atoms with van der Waals surface area (Å²) in [6.45, 7) is 15.1. The highest BCUT2D eigenvalue weighted by atomic mass is 28.4. The van der Waals surface area contributed by atoms with Crippen molar-refractivity contribution in [2.45, 2.75) is 64.2 Å². The van der Waals surface area contributed by atoms with Gasteiger partial charge in [0.15, 0.2) is 8.32 Å². The smallest absolute Gasteiger partial charge is 0.230 e. The summed E-state index contributed by atoms with van der Waals surface area (Å²) >= 11 is 0. The molecule has 1 saturated heterocycles. The molecule has 2 heterocycles. The van der Waals surface area contributed by atoms with E-state index in [1.165, 1.54) is 5.20 Å².